The molecule has 0 heterocycles. The summed E-state index contributed by atoms with van der Waals surface area (Å²) in [5.74, 6) is -0.515. The molecule has 16 heavy (non-hydrogen) atoms. The number of carbonyl (C=O) groups is 2. The van der Waals surface area contributed by atoms with E-state index in [0.717, 1.165) is 0 Å². The molecule has 0 aliphatic heterocycles. The Labute approximate surface area is 110 Å². The lowest BCUT2D eigenvalue weighted by Gasteiger charge is -2.21. The maximum atomic E-state index is 11.6. The SMILES string of the molecule is O=C(CBr)NN(C(=O)CBr)c1ccccc1. The van der Waals surface area contributed by atoms with Gasteiger partial charge in [-0.1, -0.05) is 50.1 Å². The number of nitrogens with zero attached hydrogens (tertiary/aromatic N) is 1. The molecule has 0 radical (unpaired) electrons. The summed E-state index contributed by atoms with van der Waals surface area (Å²) in [6.45, 7) is 0. The summed E-state index contributed by atoms with van der Waals surface area (Å²) in [7, 11) is 0. The zero-order valence-electron chi connectivity index (χ0n) is 8.32. The largest absolute Gasteiger partial charge is 0.272 e. The minimum absolute atomic E-state index is 0.143. The maximum absolute atomic E-state index is 11.6. The van der Waals surface area contributed by atoms with Crippen molar-refractivity contribution in [3.63, 3.8) is 0 Å². The quantitative estimate of drug-likeness (QED) is 0.668. The van der Waals surface area contributed by atoms with Gasteiger partial charge in [0.2, 0.25) is 5.91 Å². The second kappa shape index (κ2) is 6.65. The van der Waals surface area contributed by atoms with E-state index < -0.39 is 0 Å². The van der Waals surface area contributed by atoms with Crippen molar-refractivity contribution < 1.29 is 9.59 Å². The van der Waals surface area contributed by atoms with Crippen molar-refractivity contribution in [2.24, 2.45) is 0 Å². The Bertz CT molecular complexity index is 370. The number of alkyl halides is 2. The number of hydrogen-bond acceptors (Lipinski definition) is 2. The highest BCUT2D eigenvalue weighted by Gasteiger charge is 2.16. The molecule has 0 atom stereocenters. The van der Waals surface area contributed by atoms with E-state index in [9.17, 15) is 9.59 Å². The Morgan fingerprint density at radius 2 is 1.75 bits per heavy atom. The zero-order valence-corrected chi connectivity index (χ0v) is 11.5. The van der Waals surface area contributed by atoms with Crippen molar-refractivity contribution in [3.8, 4) is 0 Å². The Kier molecular flexibility index (Phi) is 5.48. The van der Waals surface area contributed by atoms with Gasteiger partial charge in [0.15, 0.2) is 0 Å². The van der Waals surface area contributed by atoms with E-state index in [1.54, 1.807) is 24.3 Å². The number of para-hydroxylation sites is 1. The molecule has 1 rings (SSSR count). The first-order chi connectivity index (χ1) is 7.69. The number of anilines is 1. The monoisotopic (exact) mass is 348 g/mol. The van der Waals surface area contributed by atoms with Crippen molar-refractivity contribution in [2.75, 3.05) is 15.7 Å². The molecule has 6 heteroatoms. The van der Waals surface area contributed by atoms with Crippen molar-refractivity contribution >= 4 is 49.4 Å². The molecule has 0 unspecified atom stereocenters. The Hall–Kier alpha value is -0.880. The van der Waals surface area contributed by atoms with Gasteiger partial charge in [-0.15, -0.1) is 0 Å². The number of carbonyl (C=O) groups excluding carboxylic acids is 2. The molecular formula is C10H10Br2N2O2. The number of halogens is 2. The number of hydrogen-bond donors (Lipinski definition) is 1. The molecule has 2 amide bonds. The van der Waals surface area contributed by atoms with Crippen LogP contribution >= 0.6 is 31.9 Å². The summed E-state index contributed by atoms with van der Waals surface area (Å²) in [5.41, 5.74) is 3.13. The first-order valence-electron chi connectivity index (χ1n) is 4.48. The van der Waals surface area contributed by atoms with E-state index in [-0.39, 0.29) is 22.5 Å². The fourth-order valence-corrected chi connectivity index (χ4v) is 1.44. The molecule has 0 bridgehead atoms. The predicted octanol–water partition coefficient (Wildman–Crippen LogP) is 1.84. The van der Waals surface area contributed by atoms with E-state index >= 15 is 0 Å². The molecule has 0 fully saturated rings. The second-order valence-corrected chi connectivity index (χ2v) is 3.99. The van der Waals surface area contributed by atoms with Gasteiger partial charge in [-0.25, -0.2) is 5.01 Å². The zero-order chi connectivity index (χ0) is 12.0. The van der Waals surface area contributed by atoms with Gasteiger partial charge in [0.05, 0.1) is 16.3 Å². The molecule has 1 aromatic rings. The van der Waals surface area contributed by atoms with E-state index in [4.69, 9.17) is 0 Å². The van der Waals surface area contributed by atoms with Crippen LogP contribution in [0.5, 0.6) is 0 Å². The fourth-order valence-electron chi connectivity index (χ4n) is 1.06. The molecule has 0 aliphatic rings. The van der Waals surface area contributed by atoms with Crippen molar-refractivity contribution in [3.05, 3.63) is 30.3 Å². The van der Waals surface area contributed by atoms with Crippen molar-refractivity contribution in [1.82, 2.24) is 5.43 Å². The maximum Gasteiger partial charge on any atom is 0.256 e. The van der Waals surface area contributed by atoms with Gasteiger partial charge >= 0.3 is 0 Å². The smallest absolute Gasteiger partial charge is 0.256 e. The minimum atomic E-state index is -0.279. The van der Waals surface area contributed by atoms with Crippen LogP contribution in [0.4, 0.5) is 5.69 Å². The average molecular weight is 350 g/mol. The van der Waals surface area contributed by atoms with E-state index in [1.165, 1.54) is 5.01 Å². The van der Waals surface area contributed by atoms with Crippen LogP contribution in [-0.4, -0.2) is 22.5 Å². The Balaban J connectivity index is 2.88. The van der Waals surface area contributed by atoms with Crippen molar-refractivity contribution in [1.29, 1.82) is 0 Å². The van der Waals surface area contributed by atoms with Crippen LogP contribution in [0.3, 0.4) is 0 Å². The summed E-state index contributed by atoms with van der Waals surface area (Å²) in [5, 5.41) is 1.51. The van der Waals surface area contributed by atoms with Gasteiger partial charge in [0.1, 0.15) is 0 Å². The van der Waals surface area contributed by atoms with Crippen LogP contribution in [0, 0.1) is 0 Å². The number of amides is 2. The molecule has 0 saturated heterocycles. The topological polar surface area (TPSA) is 49.4 Å². The number of benzene rings is 1. The molecule has 0 spiro atoms. The highest BCUT2D eigenvalue weighted by Crippen LogP contribution is 2.11. The molecule has 1 N–H and O–H groups in total. The van der Waals surface area contributed by atoms with Crippen LogP contribution in [0.1, 0.15) is 0 Å². The minimum Gasteiger partial charge on any atom is -0.272 e. The Morgan fingerprint density at radius 1 is 1.12 bits per heavy atom. The Morgan fingerprint density at radius 3 is 2.25 bits per heavy atom. The van der Waals surface area contributed by atoms with Crippen LogP contribution in [0.2, 0.25) is 0 Å². The van der Waals surface area contributed by atoms with Gasteiger partial charge < -0.3 is 0 Å². The van der Waals surface area contributed by atoms with Crippen LogP contribution in [-0.2, 0) is 9.59 Å². The third-order valence-electron chi connectivity index (χ3n) is 1.74. The first-order valence-corrected chi connectivity index (χ1v) is 6.72. The molecule has 0 aliphatic carbocycles. The number of hydrazine groups is 1. The lowest BCUT2D eigenvalue weighted by atomic mass is 10.3. The normalized spacial score (nSPS) is 9.62. The molecule has 86 valence electrons. The first kappa shape index (κ1) is 13.2. The van der Waals surface area contributed by atoms with Crippen LogP contribution in [0.15, 0.2) is 30.3 Å². The summed E-state index contributed by atoms with van der Waals surface area (Å²) >= 11 is 6.10. The molecular weight excluding hydrogens is 340 g/mol. The van der Waals surface area contributed by atoms with Gasteiger partial charge in [0, 0.05) is 0 Å². The van der Waals surface area contributed by atoms with Gasteiger partial charge in [-0.2, -0.15) is 0 Å². The molecule has 4 nitrogen and oxygen atoms in total. The summed E-state index contributed by atoms with van der Waals surface area (Å²) in [6, 6.07) is 8.92. The van der Waals surface area contributed by atoms with Crippen molar-refractivity contribution in [2.45, 2.75) is 0 Å². The third kappa shape index (κ3) is 3.61. The fraction of sp³-hybridized carbons (Fsp3) is 0.200. The van der Waals surface area contributed by atoms with Gasteiger partial charge in [-0.3, -0.25) is 15.0 Å². The third-order valence-corrected chi connectivity index (χ3v) is 2.72. The van der Waals surface area contributed by atoms with Gasteiger partial charge in [-0.05, 0) is 12.1 Å². The number of nitrogens with one attached hydrogen (secondary N) is 1. The molecule has 0 saturated carbocycles. The molecule has 1 aromatic carbocycles. The van der Waals surface area contributed by atoms with E-state index in [2.05, 4.69) is 37.3 Å². The van der Waals surface area contributed by atoms with E-state index in [0.29, 0.717) is 5.69 Å². The molecule has 0 aromatic heterocycles. The lowest BCUT2D eigenvalue weighted by Crippen LogP contribution is -2.47. The standard InChI is InChI=1S/C10H10Br2N2O2/c11-6-9(15)13-14(10(16)7-12)8-4-2-1-3-5-8/h1-5H,6-7H2,(H,13,15). The second-order valence-electron chi connectivity index (χ2n) is 2.87. The van der Waals surface area contributed by atoms with Crippen LogP contribution in [0.25, 0.3) is 0 Å². The lowest BCUT2D eigenvalue weighted by molar-refractivity contribution is -0.123. The summed E-state index contributed by atoms with van der Waals surface area (Å²) in [6.07, 6.45) is 0. The van der Waals surface area contributed by atoms with Gasteiger partial charge in [0.25, 0.3) is 5.91 Å². The predicted molar refractivity (Wildman–Crippen MR) is 69.7 cm³/mol. The van der Waals surface area contributed by atoms with E-state index in [1.807, 2.05) is 6.07 Å². The van der Waals surface area contributed by atoms with Crippen LogP contribution < -0.4 is 10.4 Å². The number of rotatable bonds is 3. The summed E-state index contributed by atoms with van der Waals surface area (Å²) < 4.78 is 0. The highest BCUT2D eigenvalue weighted by molar-refractivity contribution is 9.09. The highest BCUT2D eigenvalue weighted by atomic mass is 79.9. The average Bonchev–Trinajstić information content (AvgIpc) is 2.35. The summed E-state index contributed by atoms with van der Waals surface area (Å²) in [4.78, 5) is 22.9.